The van der Waals surface area contributed by atoms with Gasteiger partial charge in [-0.3, -0.25) is 14.5 Å². The summed E-state index contributed by atoms with van der Waals surface area (Å²) in [6.45, 7) is 1.92. The Kier molecular flexibility index (Phi) is 7.24. The maximum absolute atomic E-state index is 17.3. The molecule has 0 aliphatic heterocycles. The monoisotopic (exact) mass is 587 g/mol. The summed E-state index contributed by atoms with van der Waals surface area (Å²) in [4.78, 5) is 32.6. The van der Waals surface area contributed by atoms with Crippen LogP contribution in [0.3, 0.4) is 0 Å². The van der Waals surface area contributed by atoms with Crippen LogP contribution in [0.25, 0.3) is 34.1 Å². The largest absolute Gasteiger partial charge is 0.496 e. The molecule has 1 fully saturated rings. The van der Waals surface area contributed by atoms with Crippen LogP contribution in [0.2, 0.25) is 5.02 Å². The number of aromatic amines is 1. The molecule has 1 saturated carbocycles. The van der Waals surface area contributed by atoms with Crippen molar-refractivity contribution < 1.29 is 13.7 Å². The summed E-state index contributed by atoms with van der Waals surface area (Å²) in [5.74, 6) is 3.15. The summed E-state index contributed by atoms with van der Waals surface area (Å²) in [7, 11) is 1.50. The van der Waals surface area contributed by atoms with E-state index < -0.39 is 11.4 Å². The minimum absolute atomic E-state index is 0.00887. The van der Waals surface area contributed by atoms with Crippen LogP contribution in [0.4, 0.5) is 4.39 Å². The summed E-state index contributed by atoms with van der Waals surface area (Å²) in [6.07, 6.45) is 12.4. The molecule has 1 unspecified atom stereocenters. The Labute approximate surface area is 245 Å². The lowest BCUT2D eigenvalue weighted by atomic mass is 9.82. The molecule has 10 nitrogen and oxygen atoms in total. The van der Waals surface area contributed by atoms with Gasteiger partial charge < -0.3 is 9.30 Å². The fourth-order valence-corrected chi connectivity index (χ4v) is 5.84. The van der Waals surface area contributed by atoms with Crippen molar-refractivity contribution in [3.05, 3.63) is 69.7 Å². The van der Waals surface area contributed by atoms with Crippen molar-refractivity contribution >= 4 is 22.8 Å². The molecule has 214 valence electrons. The van der Waals surface area contributed by atoms with Gasteiger partial charge in [-0.05, 0) is 50.7 Å². The van der Waals surface area contributed by atoms with E-state index in [4.69, 9.17) is 37.3 Å². The van der Waals surface area contributed by atoms with Crippen LogP contribution >= 0.6 is 11.6 Å². The van der Waals surface area contributed by atoms with E-state index in [0.717, 1.165) is 25.7 Å². The highest BCUT2D eigenvalue weighted by Crippen LogP contribution is 2.42. The van der Waals surface area contributed by atoms with Crippen LogP contribution < -0.4 is 10.5 Å². The highest BCUT2D eigenvalue weighted by atomic mass is 35.5. The average molecular weight is 588 g/mol. The lowest BCUT2D eigenvalue weighted by Crippen LogP contribution is -2.27. The molecule has 1 aliphatic carbocycles. The van der Waals surface area contributed by atoms with E-state index in [9.17, 15) is 4.79 Å². The number of fused-ring (bicyclic) bond motifs is 1. The minimum Gasteiger partial charge on any atom is -0.496 e. The van der Waals surface area contributed by atoms with Crippen LogP contribution in [0, 0.1) is 24.2 Å². The Morgan fingerprint density at radius 3 is 2.69 bits per heavy atom. The first-order valence-electron chi connectivity index (χ1n) is 13.5. The summed E-state index contributed by atoms with van der Waals surface area (Å²) in [5, 5.41) is 4.14. The SMILES string of the molecule is C#CC1CCC(Cn2c(C(C)(F)c3ccccc3OC)nc3nc(-c4noc(=O)[nH]4)nc(-c4cncc(Cl)c4)c32)CC1. The summed E-state index contributed by atoms with van der Waals surface area (Å²) < 4.78 is 29.3. The zero-order valence-electron chi connectivity index (χ0n) is 23.0. The topological polar surface area (TPSA) is 125 Å². The fourth-order valence-electron chi connectivity index (χ4n) is 5.67. The number of nitrogens with one attached hydrogen (secondary N) is 1. The van der Waals surface area contributed by atoms with Gasteiger partial charge in [0.2, 0.25) is 11.6 Å². The van der Waals surface area contributed by atoms with Crippen LogP contribution in [-0.2, 0) is 12.2 Å². The summed E-state index contributed by atoms with van der Waals surface area (Å²) in [6, 6.07) is 8.64. The number of benzene rings is 1. The number of terminal acetylenes is 1. The molecule has 1 N–H and O–H groups in total. The van der Waals surface area contributed by atoms with E-state index in [2.05, 4.69) is 26.0 Å². The van der Waals surface area contributed by atoms with E-state index in [0.29, 0.717) is 39.7 Å². The zero-order chi connectivity index (χ0) is 29.4. The van der Waals surface area contributed by atoms with E-state index >= 15 is 4.39 Å². The van der Waals surface area contributed by atoms with Crippen molar-refractivity contribution in [2.24, 2.45) is 11.8 Å². The molecule has 0 radical (unpaired) electrons. The maximum Gasteiger partial charge on any atom is 0.439 e. The van der Waals surface area contributed by atoms with Gasteiger partial charge in [-0.1, -0.05) is 35.0 Å². The van der Waals surface area contributed by atoms with Gasteiger partial charge in [0.05, 0.1) is 12.1 Å². The number of para-hydroxylation sites is 1. The number of pyridine rings is 1. The number of hydrogen-bond donors (Lipinski definition) is 1. The smallest absolute Gasteiger partial charge is 0.439 e. The average Bonchev–Trinajstić information content (AvgIpc) is 3.61. The number of ether oxygens (including phenoxy) is 1. The zero-order valence-corrected chi connectivity index (χ0v) is 23.7. The van der Waals surface area contributed by atoms with Gasteiger partial charge in [-0.2, -0.15) is 0 Å². The highest BCUT2D eigenvalue weighted by molar-refractivity contribution is 6.30. The third-order valence-corrected chi connectivity index (χ3v) is 8.00. The third kappa shape index (κ3) is 5.03. The number of H-pyrrole nitrogens is 1. The molecular formula is C30H27ClFN7O3. The van der Waals surface area contributed by atoms with Gasteiger partial charge in [0, 0.05) is 36.0 Å². The van der Waals surface area contributed by atoms with Crippen molar-refractivity contribution in [2.75, 3.05) is 7.11 Å². The van der Waals surface area contributed by atoms with E-state index in [-0.39, 0.29) is 35.0 Å². The van der Waals surface area contributed by atoms with Crippen LogP contribution in [0.5, 0.6) is 5.75 Å². The van der Waals surface area contributed by atoms with Crippen molar-refractivity contribution in [1.82, 2.24) is 34.6 Å². The van der Waals surface area contributed by atoms with E-state index in [1.54, 1.807) is 36.5 Å². The lowest BCUT2D eigenvalue weighted by Gasteiger charge is -2.29. The quantitative estimate of drug-likeness (QED) is 0.245. The molecule has 5 aromatic rings. The molecule has 0 saturated heterocycles. The minimum atomic E-state index is -2.09. The molecule has 0 spiro atoms. The number of rotatable bonds is 7. The number of hydrogen-bond acceptors (Lipinski definition) is 8. The third-order valence-electron chi connectivity index (χ3n) is 7.79. The van der Waals surface area contributed by atoms with Crippen molar-refractivity contribution in [2.45, 2.75) is 44.8 Å². The number of nitrogens with zero attached hydrogens (tertiary/aromatic N) is 6. The standard InChI is InChI=1S/C30H27ClFN7O3/c1-4-17-9-11-18(12-10-17)16-39-24-23(19-13-20(31)15-33-14-19)34-26(27-37-29(40)42-38-27)35-25(24)36-28(39)30(2,32)21-7-5-6-8-22(21)41-3/h1,5-8,13-15,17-18H,9-12,16H2,2-3H3,(H,37,38,40). The lowest BCUT2D eigenvalue weighted by molar-refractivity contribution is 0.211. The molecule has 1 atom stereocenters. The predicted octanol–water partition coefficient (Wildman–Crippen LogP) is 5.57. The van der Waals surface area contributed by atoms with Crippen LogP contribution in [0.1, 0.15) is 44.0 Å². The number of imidazole rings is 1. The molecule has 0 bridgehead atoms. The number of methoxy groups -OCH3 is 1. The first kappa shape index (κ1) is 27.6. The Morgan fingerprint density at radius 2 is 2.00 bits per heavy atom. The normalized spacial score (nSPS) is 18.5. The molecule has 12 heteroatoms. The van der Waals surface area contributed by atoms with Gasteiger partial charge in [-0.25, -0.2) is 24.1 Å². The second-order valence-electron chi connectivity index (χ2n) is 10.5. The predicted molar refractivity (Wildman–Crippen MR) is 155 cm³/mol. The van der Waals surface area contributed by atoms with Crippen molar-refractivity contribution in [1.29, 1.82) is 0 Å². The molecule has 1 aromatic carbocycles. The Bertz CT molecular complexity index is 1860. The van der Waals surface area contributed by atoms with Crippen LogP contribution in [-0.4, -0.2) is 41.8 Å². The molecule has 6 rings (SSSR count). The second kappa shape index (κ2) is 11.0. The number of alkyl halides is 1. The van der Waals surface area contributed by atoms with Crippen molar-refractivity contribution in [3.8, 4) is 41.0 Å². The molecule has 4 aromatic heterocycles. The van der Waals surface area contributed by atoms with E-state index in [1.807, 2.05) is 4.57 Å². The maximum atomic E-state index is 17.3. The summed E-state index contributed by atoms with van der Waals surface area (Å²) in [5.41, 5.74) is -0.0916. The van der Waals surface area contributed by atoms with Gasteiger partial charge in [0.25, 0.3) is 0 Å². The van der Waals surface area contributed by atoms with Gasteiger partial charge >= 0.3 is 5.76 Å². The second-order valence-corrected chi connectivity index (χ2v) is 11.0. The number of halogens is 2. The Balaban J connectivity index is 1.62. The van der Waals surface area contributed by atoms with E-state index in [1.165, 1.54) is 20.2 Å². The molecule has 42 heavy (non-hydrogen) atoms. The first-order valence-corrected chi connectivity index (χ1v) is 13.9. The Hall–Kier alpha value is -4.56. The van der Waals surface area contributed by atoms with Gasteiger partial charge in [0.1, 0.15) is 17.0 Å². The van der Waals surface area contributed by atoms with Gasteiger partial charge in [0.15, 0.2) is 17.1 Å². The highest BCUT2D eigenvalue weighted by Gasteiger charge is 2.39. The molecule has 0 amide bonds. The number of aromatic nitrogens is 7. The van der Waals surface area contributed by atoms with Crippen LogP contribution in [0.15, 0.2) is 52.0 Å². The molecular weight excluding hydrogens is 561 g/mol. The van der Waals surface area contributed by atoms with Crippen molar-refractivity contribution in [3.63, 3.8) is 0 Å². The summed E-state index contributed by atoms with van der Waals surface area (Å²) >= 11 is 6.33. The molecule has 4 heterocycles. The molecule has 1 aliphatic rings. The first-order chi connectivity index (χ1) is 20.3. The van der Waals surface area contributed by atoms with Gasteiger partial charge in [-0.15, -0.1) is 12.3 Å². The Morgan fingerprint density at radius 1 is 1.21 bits per heavy atom. The fraction of sp³-hybridized carbons (Fsp3) is 0.333.